The average molecular weight is 274 g/mol. The van der Waals surface area contributed by atoms with Gasteiger partial charge in [0.2, 0.25) is 0 Å². The van der Waals surface area contributed by atoms with Crippen molar-refractivity contribution in [3.8, 4) is 0 Å². The molecule has 1 aromatic rings. The molecule has 1 heterocycles. The van der Waals surface area contributed by atoms with Crippen LogP contribution in [0.1, 0.15) is 59.1 Å². The number of nitrogens with one attached hydrogen (secondary N) is 2. The number of benzene rings is 1. The molecule has 2 heteroatoms. The van der Waals surface area contributed by atoms with Crippen LogP contribution in [0.4, 0.5) is 11.4 Å². The van der Waals surface area contributed by atoms with E-state index in [1.54, 1.807) is 0 Å². The third-order valence-electron chi connectivity index (χ3n) is 4.38. The molecule has 0 aliphatic carbocycles. The van der Waals surface area contributed by atoms with Crippen LogP contribution in [0.3, 0.4) is 0 Å². The largest absolute Gasteiger partial charge is 0.383 e. The summed E-state index contributed by atoms with van der Waals surface area (Å²) >= 11 is 0. The van der Waals surface area contributed by atoms with E-state index in [0.29, 0.717) is 18.0 Å². The molecule has 0 saturated carbocycles. The van der Waals surface area contributed by atoms with Gasteiger partial charge >= 0.3 is 0 Å². The molecular weight excluding hydrogens is 244 g/mol. The Morgan fingerprint density at radius 1 is 1.20 bits per heavy atom. The van der Waals surface area contributed by atoms with E-state index in [-0.39, 0.29) is 5.41 Å². The highest BCUT2D eigenvalue weighted by Crippen LogP contribution is 2.43. The lowest BCUT2D eigenvalue weighted by Crippen LogP contribution is -2.39. The Hall–Kier alpha value is -1.18. The Kier molecular flexibility index (Phi) is 4.04. The van der Waals surface area contributed by atoms with Crippen LogP contribution in [0.2, 0.25) is 0 Å². The lowest BCUT2D eigenvalue weighted by atomic mass is 9.72. The topological polar surface area (TPSA) is 24.1 Å². The molecule has 0 amide bonds. The minimum absolute atomic E-state index is 0.231. The van der Waals surface area contributed by atoms with Crippen molar-refractivity contribution in [1.29, 1.82) is 0 Å². The van der Waals surface area contributed by atoms with Gasteiger partial charge in [-0.05, 0) is 61.8 Å². The lowest BCUT2D eigenvalue weighted by Gasteiger charge is -2.41. The Labute approximate surface area is 124 Å². The van der Waals surface area contributed by atoms with Gasteiger partial charge in [-0.2, -0.15) is 0 Å². The first-order valence-corrected chi connectivity index (χ1v) is 7.89. The van der Waals surface area contributed by atoms with Crippen molar-refractivity contribution in [2.75, 3.05) is 10.6 Å². The number of rotatable bonds is 3. The van der Waals surface area contributed by atoms with Gasteiger partial charge in [0.15, 0.2) is 0 Å². The predicted molar refractivity (Wildman–Crippen MR) is 89.8 cm³/mol. The van der Waals surface area contributed by atoms with Gasteiger partial charge in [-0.3, -0.25) is 0 Å². The summed E-state index contributed by atoms with van der Waals surface area (Å²) in [5.41, 5.74) is 5.64. The highest BCUT2D eigenvalue weighted by molar-refractivity contribution is 5.68. The Morgan fingerprint density at radius 2 is 1.85 bits per heavy atom. The summed E-state index contributed by atoms with van der Waals surface area (Å²) in [6, 6.07) is 5.65. The molecule has 1 aromatic carbocycles. The van der Waals surface area contributed by atoms with Crippen molar-refractivity contribution in [2.45, 2.75) is 72.4 Å². The molecule has 0 bridgehead atoms. The summed E-state index contributed by atoms with van der Waals surface area (Å²) in [4.78, 5) is 0. The molecular formula is C18H30N2. The number of hydrogen-bond donors (Lipinski definition) is 2. The molecule has 1 atom stereocenters. The van der Waals surface area contributed by atoms with E-state index >= 15 is 0 Å². The van der Waals surface area contributed by atoms with Crippen LogP contribution < -0.4 is 10.6 Å². The van der Waals surface area contributed by atoms with Crippen LogP contribution >= 0.6 is 0 Å². The molecule has 1 unspecified atom stereocenters. The fraction of sp³-hybridized carbons (Fsp3) is 0.667. The molecule has 1 aliphatic heterocycles. The summed E-state index contributed by atoms with van der Waals surface area (Å²) in [5.74, 6) is 0.662. The van der Waals surface area contributed by atoms with Crippen molar-refractivity contribution in [3.05, 3.63) is 23.3 Å². The minimum Gasteiger partial charge on any atom is -0.383 e. The maximum absolute atomic E-state index is 3.77. The van der Waals surface area contributed by atoms with Gasteiger partial charge in [-0.25, -0.2) is 0 Å². The van der Waals surface area contributed by atoms with E-state index in [2.05, 4.69) is 71.2 Å². The molecule has 112 valence electrons. The number of fused-ring (bicyclic) bond motifs is 1. The highest BCUT2D eigenvalue weighted by Gasteiger charge is 2.34. The molecule has 2 rings (SSSR count). The van der Waals surface area contributed by atoms with Crippen molar-refractivity contribution in [3.63, 3.8) is 0 Å². The average Bonchev–Trinajstić information content (AvgIpc) is 2.28. The van der Waals surface area contributed by atoms with E-state index < -0.39 is 0 Å². The molecule has 0 spiro atoms. The first-order valence-electron chi connectivity index (χ1n) is 7.89. The van der Waals surface area contributed by atoms with Crippen LogP contribution in [0, 0.1) is 12.8 Å². The van der Waals surface area contributed by atoms with Gasteiger partial charge in [0.1, 0.15) is 0 Å². The Morgan fingerprint density at radius 3 is 2.40 bits per heavy atom. The quantitative estimate of drug-likeness (QED) is 0.816. The fourth-order valence-corrected chi connectivity index (χ4v) is 3.23. The molecule has 2 nitrogen and oxygen atoms in total. The number of aryl methyl sites for hydroxylation is 1. The van der Waals surface area contributed by atoms with Gasteiger partial charge in [-0.15, -0.1) is 0 Å². The number of hydrogen-bond acceptors (Lipinski definition) is 2. The monoisotopic (exact) mass is 274 g/mol. The molecule has 0 radical (unpaired) electrons. The summed E-state index contributed by atoms with van der Waals surface area (Å²) in [6.07, 6.45) is 1.20. The molecule has 2 N–H and O–H groups in total. The van der Waals surface area contributed by atoms with Crippen molar-refractivity contribution in [1.82, 2.24) is 0 Å². The maximum Gasteiger partial charge on any atom is 0.0411 e. The van der Waals surface area contributed by atoms with Crippen LogP contribution in [-0.4, -0.2) is 12.1 Å². The fourth-order valence-electron chi connectivity index (χ4n) is 3.23. The summed E-state index contributed by atoms with van der Waals surface area (Å²) < 4.78 is 0. The second kappa shape index (κ2) is 5.31. The van der Waals surface area contributed by atoms with Crippen molar-refractivity contribution >= 4 is 11.4 Å². The van der Waals surface area contributed by atoms with Crippen molar-refractivity contribution < 1.29 is 0 Å². The minimum atomic E-state index is 0.231. The second-order valence-electron chi connectivity index (χ2n) is 7.60. The van der Waals surface area contributed by atoms with Gasteiger partial charge in [0, 0.05) is 23.5 Å². The Balaban J connectivity index is 2.45. The first-order chi connectivity index (χ1) is 9.20. The third-order valence-corrected chi connectivity index (χ3v) is 4.38. The van der Waals surface area contributed by atoms with E-state index in [1.165, 1.54) is 28.9 Å². The lowest BCUT2D eigenvalue weighted by molar-refractivity contribution is 0.366. The SMILES string of the molecule is Cc1cc(NC(C)C)cc2c1NC(C(C)C)CC2(C)C. The highest BCUT2D eigenvalue weighted by atomic mass is 15.0. The van der Waals surface area contributed by atoms with Gasteiger partial charge < -0.3 is 10.6 Å². The van der Waals surface area contributed by atoms with Crippen LogP contribution in [-0.2, 0) is 5.41 Å². The van der Waals surface area contributed by atoms with E-state index in [1.807, 2.05) is 0 Å². The summed E-state index contributed by atoms with van der Waals surface area (Å²) in [5, 5.41) is 7.31. The van der Waals surface area contributed by atoms with Gasteiger partial charge in [0.25, 0.3) is 0 Å². The molecule has 0 aromatic heterocycles. The van der Waals surface area contributed by atoms with E-state index in [0.717, 1.165) is 0 Å². The zero-order chi connectivity index (χ0) is 15.1. The summed E-state index contributed by atoms with van der Waals surface area (Å²) in [6.45, 7) is 16.0. The van der Waals surface area contributed by atoms with E-state index in [4.69, 9.17) is 0 Å². The zero-order valence-corrected chi connectivity index (χ0v) is 14.1. The summed E-state index contributed by atoms with van der Waals surface area (Å²) in [7, 11) is 0. The van der Waals surface area contributed by atoms with E-state index in [9.17, 15) is 0 Å². The molecule has 20 heavy (non-hydrogen) atoms. The standard InChI is InChI=1S/C18H30N2/c1-11(2)16-10-18(6,7)15-9-14(19-12(3)4)8-13(5)17(15)20-16/h8-9,11-12,16,19-20H,10H2,1-7H3. The molecule has 0 fully saturated rings. The number of anilines is 2. The second-order valence-corrected chi connectivity index (χ2v) is 7.60. The van der Waals surface area contributed by atoms with Crippen LogP contribution in [0.15, 0.2) is 12.1 Å². The van der Waals surface area contributed by atoms with Crippen LogP contribution in [0.5, 0.6) is 0 Å². The van der Waals surface area contributed by atoms with Crippen LogP contribution in [0.25, 0.3) is 0 Å². The Bertz CT molecular complexity index is 486. The zero-order valence-electron chi connectivity index (χ0n) is 14.1. The molecule has 0 saturated heterocycles. The normalized spacial score (nSPS) is 20.8. The van der Waals surface area contributed by atoms with Gasteiger partial charge in [0.05, 0.1) is 0 Å². The third kappa shape index (κ3) is 2.94. The van der Waals surface area contributed by atoms with Crippen molar-refractivity contribution in [2.24, 2.45) is 5.92 Å². The first kappa shape index (κ1) is 15.2. The smallest absolute Gasteiger partial charge is 0.0411 e. The molecule has 1 aliphatic rings. The predicted octanol–water partition coefficient (Wildman–Crippen LogP) is 4.93. The van der Waals surface area contributed by atoms with Gasteiger partial charge in [-0.1, -0.05) is 27.7 Å². The maximum atomic E-state index is 3.77.